The lowest BCUT2D eigenvalue weighted by Gasteiger charge is -2.34. The lowest BCUT2D eigenvalue weighted by molar-refractivity contribution is -0.214. The van der Waals surface area contributed by atoms with Crippen LogP contribution in [0.1, 0.15) is 27.7 Å². The molecule has 0 amide bonds. The molecule has 1 fully saturated rings. The van der Waals surface area contributed by atoms with E-state index in [1.807, 2.05) is 0 Å². The van der Waals surface area contributed by atoms with Crippen molar-refractivity contribution < 1.29 is 18.8 Å². The maximum Gasteiger partial charge on any atom is 0.491 e. The molecular weight excluding hydrogens is 159 g/mol. The van der Waals surface area contributed by atoms with Crippen molar-refractivity contribution in [2.75, 3.05) is 0 Å². The van der Waals surface area contributed by atoms with Crippen LogP contribution in [0.3, 0.4) is 0 Å². The minimum Gasteiger partial charge on any atom is -0.432 e. The Hall–Kier alpha value is -0.545. The quantitative estimate of drug-likeness (QED) is 0.428. The fraction of sp³-hybridized carbons (Fsp3) is 0.857. The fourth-order valence-electron chi connectivity index (χ4n) is 0.906. The number of hydrogen-bond donors (Lipinski definition) is 0. The SMILES string of the molecule is CC(=O)OC1(C)O[B]OC1(C)C. The molecule has 1 radical (unpaired) electrons. The molecule has 0 bridgehead atoms. The highest BCUT2D eigenvalue weighted by molar-refractivity contribution is 6.19. The van der Waals surface area contributed by atoms with Crippen molar-refractivity contribution in [2.45, 2.75) is 39.1 Å². The number of ether oxygens (including phenoxy) is 1. The first-order valence-electron chi connectivity index (χ1n) is 3.74. The summed E-state index contributed by atoms with van der Waals surface area (Å²) in [7, 11) is 1.20. The smallest absolute Gasteiger partial charge is 0.432 e. The maximum absolute atomic E-state index is 10.7. The van der Waals surface area contributed by atoms with Gasteiger partial charge in [-0.1, -0.05) is 0 Å². The van der Waals surface area contributed by atoms with E-state index >= 15 is 0 Å². The van der Waals surface area contributed by atoms with E-state index in [9.17, 15) is 4.79 Å². The Morgan fingerprint density at radius 1 is 1.33 bits per heavy atom. The average Bonchev–Trinajstić information content (AvgIpc) is 2.05. The summed E-state index contributed by atoms with van der Waals surface area (Å²) in [6.45, 7) is 6.58. The molecule has 1 heterocycles. The minimum atomic E-state index is -1.02. The predicted molar refractivity (Wildman–Crippen MR) is 42.2 cm³/mol. The van der Waals surface area contributed by atoms with Gasteiger partial charge in [-0.15, -0.1) is 0 Å². The molecule has 0 N–H and O–H groups in total. The summed E-state index contributed by atoms with van der Waals surface area (Å²) in [5.41, 5.74) is -0.640. The van der Waals surface area contributed by atoms with Crippen LogP contribution in [0.25, 0.3) is 0 Å². The molecule has 4 nitrogen and oxygen atoms in total. The van der Waals surface area contributed by atoms with E-state index in [1.165, 1.54) is 14.6 Å². The Bertz CT molecular complexity index is 204. The normalized spacial score (nSPS) is 32.7. The van der Waals surface area contributed by atoms with Gasteiger partial charge in [-0.2, -0.15) is 0 Å². The Morgan fingerprint density at radius 3 is 2.25 bits per heavy atom. The topological polar surface area (TPSA) is 44.8 Å². The van der Waals surface area contributed by atoms with Crippen LogP contribution in [0.5, 0.6) is 0 Å². The van der Waals surface area contributed by atoms with Crippen LogP contribution in [-0.4, -0.2) is 25.0 Å². The number of carbonyl (C=O) groups is 1. The third-order valence-electron chi connectivity index (χ3n) is 2.05. The lowest BCUT2D eigenvalue weighted by atomic mass is 10.00. The zero-order chi connectivity index (χ0) is 9.41. The van der Waals surface area contributed by atoms with Gasteiger partial charge in [0, 0.05) is 13.8 Å². The second-order valence-corrected chi connectivity index (χ2v) is 3.38. The van der Waals surface area contributed by atoms with Gasteiger partial charge >= 0.3 is 13.7 Å². The van der Waals surface area contributed by atoms with Crippen molar-refractivity contribution in [1.29, 1.82) is 0 Å². The van der Waals surface area contributed by atoms with Gasteiger partial charge in [0.25, 0.3) is 0 Å². The van der Waals surface area contributed by atoms with Gasteiger partial charge < -0.3 is 14.0 Å². The van der Waals surface area contributed by atoms with Crippen molar-refractivity contribution >= 4 is 13.7 Å². The molecule has 0 aromatic heterocycles. The minimum absolute atomic E-state index is 0.385. The predicted octanol–water partition coefficient (Wildman–Crippen LogP) is 0.625. The monoisotopic (exact) mass is 171 g/mol. The van der Waals surface area contributed by atoms with E-state index in [4.69, 9.17) is 14.0 Å². The number of carbonyl (C=O) groups excluding carboxylic acids is 1. The molecule has 12 heavy (non-hydrogen) atoms. The molecule has 1 aliphatic heterocycles. The highest BCUT2D eigenvalue weighted by Crippen LogP contribution is 2.35. The summed E-state index contributed by atoms with van der Waals surface area (Å²) >= 11 is 0. The summed E-state index contributed by atoms with van der Waals surface area (Å²) in [5, 5.41) is 0. The summed E-state index contributed by atoms with van der Waals surface area (Å²) < 4.78 is 15.2. The first-order valence-corrected chi connectivity index (χ1v) is 3.74. The molecule has 1 aliphatic rings. The number of esters is 1. The van der Waals surface area contributed by atoms with Gasteiger partial charge in [-0.25, -0.2) is 0 Å². The van der Waals surface area contributed by atoms with Crippen molar-refractivity contribution in [3.8, 4) is 0 Å². The first kappa shape index (κ1) is 9.54. The highest BCUT2D eigenvalue weighted by Gasteiger charge is 2.51. The van der Waals surface area contributed by atoms with Crippen molar-refractivity contribution in [3.05, 3.63) is 0 Å². The third-order valence-corrected chi connectivity index (χ3v) is 2.05. The summed E-state index contributed by atoms with van der Waals surface area (Å²) in [4.78, 5) is 10.7. The van der Waals surface area contributed by atoms with Gasteiger partial charge in [0.2, 0.25) is 5.79 Å². The Kier molecular flexibility index (Phi) is 2.18. The number of rotatable bonds is 1. The van der Waals surface area contributed by atoms with Gasteiger partial charge in [0.1, 0.15) is 5.60 Å². The van der Waals surface area contributed by atoms with Gasteiger partial charge in [-0.05, 0) is 13.8 Å². The molecule has 67 valence electrons. The average molecular weight is 171 g/mol. The van der Waals surface area contributed by atoms with Crippen molar-refractivity contribution in [1.82, 2.24) is 0 Å². The van der Waals surface area contributed by atoms with E-state index in [1.54, 1.807) is 20.8 Å². The standard InChI is InChI=1S/C7H12BO4/c1-5(9)10-7(4)6(2,3)11-8-12-7/h1-4H3. The van der Waals surface area contributed by atoms with Crippen molar-refractivity contribution in [3.63, 3.8) is 0 Å². The molecule has 5 heteroatoms. The molecule has 0 aliphatic carbocycles. The van der Waals surface area contributed by atoms with Crippen LogP contribution in [-0.2, 0) is 18.8 Å². The second kappa shape index (κ2) is 2.74. The van der Waals surface area contributed by atoms with E-state index in [0.717, 1.165) is 0 Å². The third kappa shape index (κ3) is 1.47. The Labute approximate surface area is 72.5 Å². The molecule has 1 rings (SSSR count). The maximum atomic E-state index is 10.7. The van der Waals surface area contributed by atoms with Gasteiger partial charge in [0.15, 0.2) is 0 Å². The zero-order valence-electron chi connectivity index (χ0n) is 7.71. The lowest BCUT2D eigenvalue weighted by Crippen LogP contribution is -2.48. The van der Waals surface area contributed by atoms with Gasteiger partial charge in [0.05, 0.1) is 0 Å². The van der Waals surface area contributed by atoms with E-state index in [-0.39, 0.29) is 5.97 Å². The zero-order valence-corrected chi connectivity index (χ0v) is 7.71. The van der Waals surface area contributed by atoms with Crippen LogP contribution in [0.15, 0.2) is 0 Å². The van der Waals surface area contributed by atoms with Gasteiger partial charge in [-0.3, -0.25) is 4.79 Å². The molecule has 1 saturated heterocycles. The summed E-state index contributed by atoms with van der Waals surface area (Å²) in [5.74, 6) is -1.40. The molecule has 1 unspecified atom stereocenters. The van der Waals surface area contributed by atoms with E-state index in [0.29, 0.717) is 0 Å². The van der Waals surface area contributed by atoms with Crippen LogP contribution in [0.4, 0.5) is 0 Å². The van der Waals surface area contributed by atoms with Crippen molar-refractivity contribution in [2.24, 2.45) is 0 Å². The summed E-state index contributed by atoms with van der Waals surface area (Å²) in [6, 6.07) is 0. The van der Waals surface area contributed by atoms with Crippen LogP contribution < -0.4 is 0 Å². The Balaban J connectivity index is 2.75. The molecule has 0 spiro atoms. The molecule has 0 aromatic rings. The summed E-state index contributed by atoms with van der Waals surface area (Å²) in [6.07, 6.45) is 0. The van der Waals surface area contributed by atoms with Crippen LogP contribution in [0.2, 0.25) is 0 Å². The van der Waals surface area contributed by atoms with Crippen LogP contribution in [0, 0.1) is 0 Å². The highest BCUT2D eigenvalue weighted by atomic mass is 16.8. The largest absolute Gasteiger partial charge is 0.491 e. The second-order valence-electron chi connectivity index (χ2n) is 3.38. The fourth-order valence-corrected chi connectivity index (χ4v) is 0.906. The number of hydrogen-bond acceptors (Lipinski definition) is 4. The first-order chi connectivity index (χ1) is 5.37. The molecule has 0 aromatic carbocycles. The van der Waals surface area contributed by atoms with Crippen LogP contribution >= 0.6 is 0 Å². The Morgan fingerprint density at radius 2 is 1.92 bits per heavy atom. The molecular formula is C7H12BO4. The van der Waals surface area contributed by atoms with E-state index in [2.05, 4.69) is 0 Å². The molecule has 1 atom stereocenters. The van der Waals surface area contributed by atoms with E-state index < -0.39 is 11.4 Å². The molecule has 0 saturated carbocycles.